The molecule has 0 bridgehead atoms. The third-order valence-electron chi connectivity index (χ3n) is 1.69. The van der Waals surface area contributed by atoms with Crippen LogP contribution >= 0.6 is 11.3 Å². The molecule has 0 saturated carbocycles. The van der Waals surface area contributed by atoms with Crippen LogP contribution in [0, 0.1) is 0 Å². The van der Waals surface area contributed by atoms with Crippen molar-refractivity contribution in [1.82, 2.24) is 15.0 Å². The molecule has 1 rings (SSSR count). The zero-order valence-corrected chi connectivity index (χ0v) is 10.2. The van der Waals surface area contributed by atoms with Crippen LogP contribution in [-0.4, -0.2) is 32.2 Å². The second kappa shape index (κ2) is 6.16. The van der Waals surface area contributed by atoms with Crippen LogP contribution in [0.1, 0.15) is 11.8 Å². The predicted molar refractivity (Wildman–Crippen MR) is 61.3 cm³/mol. The summed E-state index contributed by atoms with van der Waals surface area (Å²) in [5, 5.41) is 3.05. The SMILES string of the molecule is CCNS(=O)(=O)CCNCc1cncs1. The van der Waals surface area contributed by atoms with Crippen molar-refractivity contribution in [3.63, 3.8) is 0 Å². The second-order valence-electron chi connectivity index (χ2n) is 2.96. The molecule has 1 heterocycles. The predicted octanol–water partition coefficient (Wildman–Crippen LogP) is 0.172. The van der Waals surface area contributed by atoms with Crippen molar-refractivity contribution in [2.75, 3.05) is 18.8 Å². The number of rotatable bonds is 7. The standard InChI is InChI=1S/C8H15N3O2S2/c1-2-11-15(12,13)4-3-9-5-8-6-10-7-14-8/h6-7,9,11H,2-5H2,1H3. The highest BCUT2D eigenvalue weighted by Crippen LogP contribution is 2.03. The molecule has 0 fully saturated rings. The molecule has 1 aromatic heterocycles. The van der Waals surface area contributed by atoms with E-state index in [-0.39, 0.29) is 5.75 Å². The van der Waals surface area contributed by atoms with Gasteiger partial charge in [0.15, 0.2) is 0 Å². The summed E-state index contributed by atoms with van der Waals surface area (Å²) in [6, 6.07) is 0. The molecule has 0 aliphatic rings. The monoisotopic (exact) mass is 249 g/mol. The molecule has 86 valence electrons. The normalized spacial score (nSPS) is 11.8. The maximum absolute atomic E-state index is 11.2. The third-order valence-corrected chi connectivity index (χ3v) is 3.94. The van der Waals surface area contributed by atoms with E-state index >= 15 is 0 Å². The lowest BCUT2D eigenvalue weighted by Gasteiger charge is -2.04. The van der Waals surface area contributed by atoms with Crippen LogP contribution in [0.4, 0.5) is 0 Å². The van der Waals surface area contributed by atoms with Gasteiger partial charge < -0.3 is 5.32 Å². The van der Waals surface area contributed by atoms with Crippen molar-refractivity contribution < 1.29 is 8.42 Å². The lowest BCUT2D eigenvalue weighted by Crippen LogP contribution is -2.31. The fourth-order valence-corrected chi connectivity index (χ4v) is 2.60. The smallest absolute Gasteiger partial charge is 0.212 e. The van der Waals surface area contributed by atoms with Gasteiger partial charge in [0.05, 0.1) is 11.3 Å². The van der Waals surface area contributed by atoms with Gasteiger partial charge in [-0.1, -0.05) is 6.92 Å². The Morgan fingerprint density at radius 1 is 1.53 bits per heavy atom. The number of nitrogens with zero attached hydrogens (tertiary/aromatic N) is 1. The molecule has 15 heavy (non-hydrogen) atoms. The minimum absolute atomic E-state index is 0.111. The Morgan fingerprint density at radius 2 is 2.33 bits per heavy atom. The highest BCUT2D eigenvalue weighted by molar-refractivity contribution is 7.89. The molecule has 5 nitrogen and oxygen atoms in total. The average Bonchev–Trinajstić information content (AvgIpc) is 2.65. The summed E-state index contributed by atoms with van der Waals surface area (Å²) in [5.41, 5.74) is 1.76. The molecule has 0 aromatic carbocycles. The van der Waals surface area contributed by atoms with Gasteiger partial charge in [-0.3, -0.25) is 4.98 Å². The van der Waals surface area contributed by atoms with Crippen LogP contribution < -0.4 is 10.0 Å². The number of hydrogen-bond donors (Lipinski definition) is 2. The molecule has 0 atom stereocenters. The maximum atomic E-state index is 11.2. The Labute approximate surface area is 94.0 Å². The van der Waals surface area contributed by atoms with Gasteiger partial charge in [0, 0.05) is 30.7 Å². The zero-order chi connectivity index (χ0) is 11.1. The first-order chi connectivity index (χ1) is 7.14. The lowest BCUT2D eigenvalue weighted by atomic mass is 10.5. The summed E-state index contributed by atoms with van der Waals surface area (Å²) in [6.45, 7) is 3.33. The van der Waals surface area contributed by atoms with Gasteiger partial charge in [-0.25, -0.2) is 13.1 Å². The minimum Gasteiger partial charge on any atom is -0.311 e. The fourth-order valence-electron chi connectivity index (χ4n) is 1.04. The number of thiazole rings is 1. The van der Waals surface area contributed by atoms with Crippen molar-refractivity contribution in [1.29, 1.82) is 0 Å². The summed E-state index contributed by atoms with van der Waals surface area (Å²) < 4.78 is 24.9. The quantitative estimate of drug-likeness (QED) is 0.676. The van der Waals surface area contributed by atoms with Crippen LogP contribution in [0.3, 0.4) is 0 Å². The second-order valence-corrected chi connectivity index (χ2v) is 5.86. The number of aromatic nitrogens is 1. The van der Waals surface area contributed by atoms with E-state index in [1.165, 1.54) is 0 Å². The number of nitrogens with one attached hydrogen (secondary N) is 2. The zero-order valence-electron chi connectivity index (χ0n) is 8.56. The molecule has 7 heteroatoms. The fraction of sp³-hybridized carbons (Fsp3) is 0.625. The molecule has 0 saturated heterocycles. The van der Waals surface area contributed by atoms with Gasteiger partial charge >= 0.3 is 0 Å². The molecule has 1 aromatic rings. The van der Waals surface area contributed by atoms with Crippen LogP contribution in [0.25, 0.3) is 0 Å². The van der Waals surface area contributed by atoms with Gasteiger partial charge in [-0.15, -0.1) is 11.3 Å². The summed E-state index contributed by atoms with van der Waals surface area (Å²) in [5.74, 6) is 0.111. The van der Waals surface area contributed by atoms with E-state index in [1.54, 1.807) is 30.0 Å². The van der Waals surface area contributed by atoms with Crippen molar-refractivity contribution in [3.05, 3.63) is 16.6 Å². The summed E-state index contributed by atoms with van der Waals surface area (Å²) in [4.78, 5) is 5.03. The van der Waals surface area contributed by atoms with E-state index in [2.05, 4.69) is 15.0 Å². The van der Waals surface area contributed by atoms with Gasteiger partial charge in [0.25, 0.3) is 0 Å². The summed E-state index contributed by atoms with van der Waals surface area (Å²) in [7, 11) is -3.10. The van der Waals surface area contributed by atoms with Crippen molar-refractivity contribution in [3.8, 4) is 0 Å². The maximum Gasteiger partial charge on any atom is 0.212 e. The molecule has 0 aliphatic heterocycles. The molecule has 0 unspecified atom stereocenters. The highest BCUT2D eigenvalue weighted by atomic mass is 32.2. The molecule has 0 spiro atoms. The van der Waals surface area contributed by atoms with Crippen LogP contribution in [0.15, 0.2) is 11.7 Å². The molecule has 0 radical (unpaired) electrons. The largest absolute Gasteiger partial charge is 0.311 e. The van der Waals surface area contributed by atoms with Gasteiger partial charge in [-0.2, -0.15) is 0 Å². The highest BCUT2D eigenvalue weighted by Gasteiger charge is 2.06. The van der Waals surface area contributed by atoms with E-state index in [0.717, 1.165) is 4.88 Å². The number of sulfonamides is 1. The van der Waals surface area contributed by atoms with E-state index in [4.69, 9.17) is 0 Å². The van der Waals surface area contributed by atoms with Gasteiger partial charge in [0.1, 0.15) is 0 Å². The van der Waals surface area contributed by atoms with Gasteiger partial charge in [-0.05, 0) is 0 Å². The Balaban J connectivity index is 2.17. The van der Waals surface area contributed by atoms with Crippen LogP contribution in [0.5, 0.6) is 0 Å². The van der Waals surface area contributed by atoms with Crippen molar-refractivity contribution in [2.24, 2.45) is 0 Å². The first kappa shape index (κ1) is 12.6. The van der Waals surface area contributed by atoms with Crippen molar-refractivity contribution >= 4 is 21.4 Å². The Kier molecular flexibility index (Phi) is 5.16. The lowest BCUT2D eigenvalue weighted by molar-refractivity contribution is 0.579. The third kappa shape index (κ3) is 5.22. The van der Waals surface area contributed by atoms with E-state index in [9.17, 15) is 8.42 Å². The molecular weight excluding hydrogens is 234 g/mol. The number of hydrogen-bond acceptors (Lipinski definition) is 5. The van der Waals surface area contributed by atoms with E-state index < -0.39 is 10.0 Å². The van der Waals surface area contributed by atoms with Crippen LogP contribution in [0.2, 0.25) is 0 Å². The molecule has 2 N–H and O–H groups in total. The van der Waals surface area contributed by atoms with Crippen molar-refractivity contribution in [2.45, 2.75) is 13.5 Å². The summed E-state index contributed by atoms with van der Waals surface area (Å²) >= 11 is 1.55. The molecule has 0 amide bonds. The van der Waals surface area contributed by atoms with Crippen LogP contribution in [-0.2, 0) is 16.6 Å². The first-order valence-electron chi connectivity index (χ1n) is 4.69. The summed E-state index contributed by atoms with van der Waals surface area (Å²) in [6.07, 6.45) is 1.77. The molecule has 0 aliphatic carbocycles. The first-order valence-corrected chi connectivity index (χ1v) is 7.22. The van der Waals surface area contributed by atoms with Gasteiger partial charge in [0.2, 0.25) is 10.0 Å². The Bertz CT molecular complexity index is 361. The Morgan fingerprint density at radius 3 is 2.93 bits per heavy atom. The minimum atomic E-state index is -3.10. The molecular formula is C8H15N3O2S2. The average molecular weight is 249 g/mol. The topological polar surface area (TPSA) is 71.1 Å². The van der Waals surface area contributed by atoms with E-state index in [1.807, 2.05) is 0 Å². The Hall–Kier alpha value is -0.500. The van der Waals surface area contributed by atoms with E-state index in [0.29, 0.717) is 19.6 Å².